The van der Waals surface area contributed by atoms with Crippen LogP contribution in [-0.2, 0) is 4.79 Å². The van der Waals surface area contributed by atoms with E-state index in [4.69, 9.17) is 16.3 Å². The van der Waals surface area contributed by atoms with Crippen LogP contribution in [0.3, 0.4) is 0 Å². The van der Waals surface area contributed by atoms with Gasteiger partial charge in [-0.3, -0.25) is 4.79 Å². The maximum Gasteiger partial charge on any atom is 0.237 e. The van der Waals surface area contributed by atoms with Gasteiger partial charge < -0.3 is 10.1 Å². The molecule has 0 aliphatic heterocycles. The van der Waals surface area contributed by atoms with Crippen LogP contribution in [0.15, 0.2) is 23.4 Å². The Morgan fingerprint density at radius 2 is 2.30 bits per heavy atom. The summed E-state index contributed by atoms with van der Waals surface area (Å²) in [6.45, 7) is 1.82. The molecule has 2 aromatic rings. The van der Waals surface area contributed by atoms with Gasteiger partial charge in [-0.1, -0.05) is 23.4 Å². The number of rotatable bonds is 6. The van der Waals surface area contributed by atoms with Crippen molar-refractivity contribution < 1.29 is 9.53 Å². The van der Waals surface area contributed by atoms with Crippen LogP contribution in [0.2, 0.25) is 5.02 Å². The average molecular weight is 354 g/mol. The van der Waals surface area contributed by atoms with Gasteiger partial charge in [0.25, 0.3) is 0 Å². The fraction of sp³-hybridized carbons (Fsp3) is 0.429. The number of nitrogens with zero attached hydrogens (tertiary/aromatic N) is 4. The molecule has 122 valence electrons. The van der Waals surface area contributed by atoms with Gasteiger partial charge in [-0.15, -0.1) is 5.10 Å². The van der Waals surface area contributed by atoms with E-state index in [0.717, 1.165) is 12.8 Å². The molecule has 1 aromatic carbocycles. The van der Waals surface area contributed by atoms with E-state index in [1.54, 1.807) is 30.0 Å². The Bertz CT molecular complexity index is 719. The molecule has 1 aromatic heterocycles. The molecule has 1 heterocycles. The van der Waals surface area contributed by atoms with Crippen molar-refractivity contribution in [3.63, 3.8) is 0 Å². The van der Waals surface area contributed by atoms with Crippen molar-refractivity contribution in [2.75, 3.05) is 12.4 Å². The molecule has 1 aliphatic rings. The lowest BCUT2D eigenvalue weighted by Crippen LogP contribution is -2.23. The quantitative estimate of drug-likeness (QED) is 0.804. The van der Waals surface area contributed by atoms with Gasteiger partial charge in [0.2, 0.25) is 11.1 Å². The van der Waals surface area contributed by atoms with Crippen molar-refractivity contribution in [3.8, 4) is 5.75 Å². The summed E-state index contributed by atoms with van der Waals surface area (Å²) >= 11 is 7.40. The van der Waals surface area contributed by atoms with E-state index in [0.29, 0.717) is 27.7 Å². The molecular weight excluding hydrogens is 338 g/mol. The first kappa shape index (κ1) is 16.1. The number of anilines is 1. The number of ether oxygens (including phenoxy) is 1. The topological polar surface area (TPSA) is 81.9 Å². The summed E-state index contributed by atoms with van der Waals surface area (Å²) in [4.78, 5) is 12.3. The maximum absolute atomic E-state index is 12.3. The van der Waals surface area contributed by atoms with Crippen molar-refractivity contribution in [3.05, 3.63) is 23.2 Å². The summed E-state index contributed by atoms with van der Waals surface area (Å²) in [5.41, 5.74) is 0.620. The monoisotopic (exact) mass is 353 g/mol. The maximum atomic E-state index is 12.3. The number of halogens is 1. The lowest BCUT2D eigenvalue weighted by Gasteiger charge is -2.12. The van der Waals surface area contributed by atoms with Gasteiger partial charge in [-0.2, -0.15) is 0 Å². The van der Waals surface area contributed by atoms with E-state index in [1.165, 1.54) is 11.8 Å². The average Bonchev–Trinajstić information content (AvgIpc) is 3.27. The molecule has 3 rings (SSSR count). The number of nitrogens with one attached hydrogen (secondary N) is 1. The first-order chi connectivity index (χ1) is 11.1. The molecule has 1 N–H and O–H groups in total. The summed E-state index contributed by atoms with van der Waals surface area (Å²) in [5.74, 6) is 0.428. The van der Waals surface area contributed by atoms with Gasteiger partial charge in [0, 0.05) is 5.69 Å². The number of hydrogen-bond donors (Lipinski definition) is 1. The van der Waals surface area contributed by atoms with Crippen LogP contribution in [-0.4, -0.2) is 38.5 Å². The third-order valence-corrected chi connectivity index (χ3v) is 4.77. The molecule has 23 heavy (non-hydrogen) atoms. The highest BCUT2D eigenvalue weighted by atomic mass is 35.5. The summed E-state index contributed by atoms with van der Waals surface area (Å²) in [5, 5.41) is 15.3. The normalized spacial score (nSPS) is 15.3. The van der Waals surface area contributed by atoms with E-state index < -0.39 is 0 Å². The smallest absolute Gasteiger partial charge is 0.237 e. The first-order valence-electron chi connectivity index (χ1n) is 7.17. The Kier molecular flexibility index (Phi) is 4.72. The lowest BCUT2D eigenvalue weighted by atomic mass is 10.3. The fourth-order valence-electron chi connectivity index (χ4n) is 2.01. The Hall–Kier alpha value is -1.80. The molecule has 1 amide bonds. The number of tetrazole rings is 1. The highest BCUT2D eigenvalue weighted by Crippen LogP contribution is 2.37. The number of hydrogen-bond acceptors (Lipinski definition) is 6. The van der Waals surface area contributed by atoms with Gasteiger partial charge >= 0.3 is 0 Å². The molecule has 1 aliphatic carbocycles. The van der Waals surface area contributed by atoms with Gasteiger partial charge in [0.1, 0.15) is 5.75 Å². The number of aromatic nitrogens is 4. The summed E-state index contributed by atoms with van der Waals surface area (Å²) in [6, 6.07) is 5.49. The zero-order valence-corrected chi connectivity index (χ0v) is 14.3. The number of benzene rings is 1. The second-order valence-corrected chi connectivity index (χ2v) is 6.95. The highest BCUT2D eigenvalue weighted by molar-refractivity contribution is 8.00. The largest absolute Gasteiger partial charge is 0.495 e. The number of thioether (sulfide) groups is 1. The zero-order chi connectivity index (χ0) is 16.4. The predicted molar refractivity (Wildman–Crippen MR) is 88.0 cm³/mol. The van der Waals surface area contributed by atoms with Crippen LogP contribution < -0.4 is 10.1 Å². The van der Waals surface area contributed by atoms with E-state index >= 15 is 0 Å². The molecule has 0 spiro atoms. The Morgan fingerprint density at radius 1 is 1.52 bits per heavy atom. The third-order valence-electron chi connectivity index (χ3n) is 3.43. The van der Waals surface area contributed by atoms with E-state index in [1.807, 2.05) is 6.92 Å². The van der Waals surface area contributed by atoms with Gasteiger partial charge in [-0.05, 0) is 48.4 Å². The predicted octanol–water partition coefficient (Wildman–Crippen LogP) is 2.79. The first-order valence-corrected chi connectivity index (χ1v) is 8.43. The minimum Gasteiger partial charge on any atom is -0.495 e. The summed E-state index contributed by atoms with van der Waals surface area (Å²) in [6.07, 6.45) is 2.17. The van der Waals surface area contributed by atoms with Crippen molar-refractivity contribution >= 4 is 35.0 Å². The molecule has 7 nitrogen and oxygen atoms in total. The third kappa shape index (κ3) is 3.76. The van der Waals surface area contributed by atoms with E-state index in [2.05, 4.69) is 20.8 Å². The number of methoxy groups -OCH3 is 1. The van der Waals surface area contributed by atoms with Crippen LogP contribution in [0.4, 0.5) is 5.69 Å². The van der Waals surface area contributed by atoms with Gasteiger partial charge in [0.15, 0.2) is 0 Å². The zero-order valence-electron chi connectivity index (χ0n) is 12.7. The Labute approximate surface area is 142 Å². The molecule has 1 fully saturated rings. The molecule has 1 saturated carbocycles. The van der Waals surface area contributed by atoms with Crippen molar-refractivity contribution in [1.82, 2.24) is 20.2 Å². The van der Waals surface area contributed by atoms with Gasteiger partial charge in [-0.25, -0.2) is 4.68 Å². The molecular formula is C14H16ClN5O2S. The van der Waals surface area contributed by atoms with E-state index in [-0.39, 0.29) is 11.2 Å². The second kappa shape index (κ2) is 6.76. The van der Waals surface area contributed by atoms with Crippen LogP contribution in [0, 0.1) is 0 Å². The van der Waals surface area contributed by atoms with Crippen LogP contribution >= 0.6 is 23.4 Å². The SMILES string of the molecule is COc1ccc(NC(=O)C(C)Sc2nnnn2C2CC2)cc1Cl. The standard InChI is InChI=1S/C14H16ClN5O2S/c1-8(23-14-17-18-19-20(14)10-4-5-10)13(21)16-9-3-6-12(22-2)11(15)7-9/h3,6-8,10H,4-5H2,1-2H3,(H,16,21). The highest BCUT2D eigenvalue weighted by Gasteiger charge is 2.29. The lowest BCUT2D eigenvalue weighted by molar-refractivity contribution is -0.115. The second-order valence-electron chi connectivity index (χ2n) is 5.24. The summed E-state index contributed by atoms with van der Waals surface area (Å²) < 4.78 is 6.88. The Balaban J connectivity index is 1.63. The number of amides is 1. The van der Waals surface area contributed by atoms with Crippen molar-refractivity contribution in [2.45, 2.75) is 36.2 Å². The van der Waals surface area contributed by atoms with Crippen LogP contribution in [0.5, 0.6) is 5.75 Å². The molecule has 0 saturated heterocycles. The summed E-state index contributed by atoms with van der Waals surface area (Å²) in [7, 11) is 1.54. The number of carbonyl (C=O) groups excluding carboxylic acids is 1. The molecule has 0 bridgehead atoms. The molecule has 9 heteroatoms. The van der Waals surface area contributed by atoms with Gasteiger partial charge in [0.05, 0.1) is 23.4 Å². The Morgan fingerprint density at radius 3 is 2.96 bits per heavy atom. The van der Waals surface area contributed by atoms with Crippen LogP contribution in [0.1, 0.15) is 25.8 Å². The van der Waals surface area contributed by atoms with Crippen molar-refractivity contribution in [2.24, 2.45) is 0 Å². The van der Waals surface area contributed by atoms with E-state index in [9.17, 15) is 4.79 Å². The molecule has 1 unspecified atom stereocenters. The minimum absolute atomic E-state index is 0.137. The van der Waals surface area contributed by atoms with Crippen molar-refractivity contribution in [1.29, 1.82) is 0 Å². The molecule has 1 atom stereocenters. The van der Waals surface area contributed by atoms with Crippen LogP contribution in [0.25, 0.3) is 0 Å². The number of carbonyl (C=O) groups is 1. The fourth-order valence-corrected chi connectivity index (χ4v) is 3.13. The molecule has 0 radical (unpaired) electrons. The minimum atomic E-state index is -0.334.